The molecule has 1 N–H and O–H groups in total. The Hall–Kier alpha value is -3.03. The number of hydrogen-bond donors (Lipinski definition) is 1. The van der Waals surface area contributed by atoms with Crippen LogP contribution in [0.25, 0.3) is 0 Å². The third kappa shape index (κ3) is 5.22. The summed E-state index contributed by atoms with van der Waals surface area (Å²) in [6, 6.07) is 7.95. The van der Waals surface area contributed by atoms with Gasteiger partial charge in [-0.2, -0.15) is 10.1 Å². The molecule has 0 spiro atoms. The van der Waals surface area contributed by atoms with Gasteiger partial charge in [0.2, 0.25) is 11.8 Å². The van der Waals surface area contributed by atoms with Gasteiger partial charge in [-0.25, -0.2) is 9.67 Å². The van der Waals surface area contributed by atoms with Crippen molar-refractivity contribution in [3.63, 3.8) is 0 Å². The number of carbonyl (C=O) groups is 1. The van der Waals surface area contributed by atoms with Crippen molar-refractivity contribution < 1.29 is 9.32 Å². The van der Waals surface area contributed by atoms with Crippen LogP contribution in [0.5, 0.6) is 0 Å². The summed E-state index contributed by atoms with van der Waals surface area (Å²) in [5.74, 6) is 1.09. The van der Waals surface area contributed by atoms with E-state index >= 15 is 0 Å². The molecule has 0 aliphatic heterocycles. The van der Waals surface area contributed by atoms with E-state index in [9.17, 15) is 4.79 Å². The van der Waals surface area contributed by atoms with Crippen molar-refractivity contribution in [2.45, 2.75) is 52.1 Å². The van der Waals surface area contributed by atoms with Crippen LogP contribution < -0.4 is 5.32 Å². The van der Waals surface area contributed by atoms with E-state index in [1.807, 2.05) is 45.0 Å². The van der Waals surface area contributed by atoms with E-state index in [4.69, 9.17) is 4.52 Å². The fourth-order valence-corrected chi connectivity index (χ4v) is 2.54. The molecule has 0 saturated heterocycles. The molecule has 8 heteroatoms. The normalized spacial score (nSPS) is 11.5. The van der Waals surface area contributed by atoms with E-state index in [-0.39, 0.29) is 11.3 Å². The Labute approximate surface area is 158 Å². The van der Waals surface area contributed by atoms with Crippen LogP contribution in [0.2, 0.25) is 0 Å². The minimum absolute atomic E-state index is 0.0546. The van der Waals surface area contributed by atoms with Gasteiger partial charge in [-0.05, 0) is 11.1 Å². The first-order valence-electron chi connectivity index (χ1n) is 8.91. The summed E-state index contributed by atoms with van der Waals surface area (Å²) in [5, 5.41) is 11.1. The van der Waals surface area contributed by atoms with Crippen LogP contribution in [0.1, 0.15) is 50.0 Å². The molecule has 0 aliphatic rings. The molecule has 2 heterocycles. The third-order valence-electron chi connectivity index (χ3n) is 4.10. The smallest absolute Gasteiger partial charge is 0.227 e. The summed E-state index contributed by atoms with van der Waals surface area (Å²) in [7, 11) is 0. The van der Waals surface area contributed by atoms with Crippen LogP contribution in [0, 0.1) is 0 Å². The molecule has 0 bridgehead atoms. The number of aromatic nitrogens is 5. The molecule has 142 valence electrons. The Morgan fingerprint density at radius 1 is 1.22 bits per heavy atom. The molecule has 0 radical (unpaired) electrons. The second-order valence-corrected chi connectivity index (χ2v) is 7.40. The minimum atomic E-state index is -0.169. The average Bonchev–Trinajstić information content (AvgIpc) is 3.30. The molecule has 3 rings (SSSR count). The summed E-state index contributed by atoms with van der Waals surface area (Å²) in [6.07, 6.45) is 3.91. The van der Waals surface area contributed by atoms with Crippen molar-refractivity contribution >= 4 is 5.91 Å². The van der Waals surface area contributed by atoms with Crippen molar-refractivity contribution in [3.8, 4) is 0 Å². The zero-order valence-electron chi connectivity index (χ0n) is 15.8. The number of hydrogen-bond acceptors (Lipinski definition) is 6. The summed E-state index contributed by atoms with van der Waals surface area (Å²) in [4.78, 5) is 20.5. The molecule has 0 atom stereocenters. The van der Waals surface area contributed by atoms with Crippen LogP contribution in [0.3, 0.4) is 0 Å². The Bertz CT molecular complexity index is 880. The number of aryl methyl sites for hydroxylation is 1. The standard InChI is InChI=1S/C19H24N6O2/c1-19(2,3)18-23-17(27-24-18)9-8-16(26)21-10-14-6-4-5-7-15(14)11-25-13-20-12-22-25/h4-7,12-13H,8-11H2,1-3H3,(H,21,26). The maximum atomic E-state index is 12.2. The minimum Gasteiger partial charge on any atom is -0.352 e. The maximum Gasteiger partial charge on any atom is 0.227 e. The fourth-order valence-electron chi connectivity index (χ4n) is 2.54. The van der Waals surface area contributed by atoms with Crippen molar-refractivity contribution in [2.75, 3.05) is 0 Å². The predicted molar refractivity (Wildman–Crippen MR) is 98.7 cm³/mol. The Kier molecular flexibility index (Phi) is 5.63. The van der Waals surface area contributed by atoms with Crippen molar-refractivity contribution in [2.24, 2.45) is 0 Å². The lowest BCUT2D eigenvalue weighted by atomic mass is 9.96. The van der Waals surface area contributed by atoms with Gasteiger partial charge in [-0.3, -0.25) is 4.79 Å². The molecule has 0 saturated carbocycles. The first kappa shape index (κ1) is 18.8. The van der Waals surface area contributed by atoms with Gasteiger partial charge in [0.1, 0.15) is 12.7 Å². The van der Waals surface area contributed by atoms with Crippen molar-refractivity contribution in [3.05, 3.63) is 59.8 Å². The molecule has 1 aromatic carbocycles. The SMILES string of the molecule is CC(C)(C)c1noc(CCC(=O)NCc2ccccc2Cn2cncn2)n1. The summed E-state index contributed by atoms with van der Waals surface area (Å²) < 4.78 is 6.98. The summed E-state index contributed by atoms with van der Waals surface area (Å²) in [5.41, 5.74) is 1.97. The Morgan fingerprint density at radius 2 is 2.00 bits per heavy atom. The van der Waals surface area contributed by atoms with E-state index in [2.05, 4.69) is 25.5 Å². The number of amides is 1. The van der Waals surface area contributed by atoms with Crippen LogP contribution >= 0.6 is 0 Å². The zero-order chi connectivity index (χ0) is 19.3. The van der Waals surface area contributed by atoms with Gasteiger partial charge in [0.15, 0.2) is 5.82 Å². The van der Waals surface area contributed by atoms with Gasteiger partial charge in [-0.1, -0.05) is 50.2 Å². The van der Waals surface area contributed by atoms with E-state index in [0.717, 1.165) is 11.1 Å². The van der Waals surface area contributed by atoms with E-state index in [1.54, 1.807) is 11.0 Å². The lowest BCUT2D eigenvalue weighted by molar-refractivity contribution is -0.121. The van der Waals surface area contributed by atoms with Crippen LogP contribution in [0.4, 0.5) is 0 Å². The monoisotopic (exact) mass is 368 g/mol. The number of nitrogens with one attached hydrogen (secondary N) is 1. The summed E-state index contributed by atoms with van der Waals surface area (Å²) in [6.45, 7) is 7.13. The number of carbonyl (C=O) groups excluding carboxylic acids is 1. The molecule has 0 aliphatic carbocycles. The first-order valence-corrected chi connectivity index (χ1v) is 8.91. The largest absolute Gasteiger partial charge is 0.352 e. The molecular weight excluding hydrogens is 344 g/mol. The highest BCUT2D eigenvalue weighted by atomic mass is 16.5. The quantitative estimate of drug-likeness (QED) is 0.687. The maximum absolute atomic E-state index is 12.2. The Balaban J connectivity index is 1.51. The van der Waals surface area contributed by atoms with E-state index in [1.165, 1.54) is 6.33 Å². The second kappa shape index (κ2) is 8.11. The van der Waals surface area contributed by atoms with Gasteiger partial charge in [0, 0.05) is 24.8 Å². The number of benzene rings is 1. The van der Waals surface area contributed by atoms with Gasteiger partial charge < -0.3 is 9.84 Å². The molecule has 27 heavy (non-hydrogen) atoms. The van der Waals surface area contributed by atoms with Crippen LogP contribution in [-0.2, 0) is 29.7 Å². The van der Waals surface area contributed by atoms with Gasteiger partial charge in [0.25, 0.3) is 0 Å². The van der Waals surface area contributed by atoms with Gasteiger partial charge >= 0.3 is 0 Å². The molecule has 1 amide bonds. The van der Waals surface area contributed by atoms with Gasteiger partial charge in [-0.15, -0.1) is 0 Å². The Morgan fingerprint density at radius 3 is 2.67 bits per heavy atom. The average molecular weight is 368 g/mol. The lowest BCUT2D eigenvalue weighted by Gasteiger charge is -2.11. The third-order valence-corrected chi connectivity index (χ3v) is 4.10. The number of nitrogens with zero attached hydrogens (tertiary/aromatic N) is 5. The fraction of sp³-hybridized carbons (Fsp3) is 0.421. The molecule has 3 aromatic rings. The topological polar surface area (TPSA) is 98.7 Å². The molecular formula is C19H24N6O2. The second-order valence-electron chi connectivity index (χ2n) is 7.40. The van der Waals surface area contributed by atoms with E-state index in [0.29, 0.717) is 37.6 Å². The van der Waals surface area contributed by atoms with Crippen molar-refractivity contribution in [1.29, 1.82) is 0 Å². The van der Waals surface area contributed by atoms with Crippen LogP contribution in [-0.4, -0.2) is 30.8 Å². The predicted octanol–water partition coefficient (Wildman–Crippen LogP) is 2.26. The summed E-state index contributed by atoms with van der Waals surface area (Å²) >= 11 is 0. The van der Waals surface area contributed by atoms with E-state index < -0.39 is 0 Å². The highest BCUT2D eigenvalue weighted by molar-refractivity contribution is 5.76. The number of rotatable bonds is 7. The first-order chi connectivity index (χ1) is 12.9. The zero-order valence-corrected chi connectivity index (χ0v) is 15.8. The molecule has 8 nitrogen and oxygen atoms in total. The lowest BCUT2D eigenvalue weighted by Crippen LogP contribution is -2.24. The highest BCUT2D eigenvalue weighted by Gasteiger charge is 2.21. The van der Waals surface area contributed by atoms with Crippen LogP contribution in [0.15, 0.2) is 41.4 Å². The highest BCUT2D eigenvalue weighted by Crippen LogP contribution is 2.18. The molecule has 0 unspecified atom stereocenters. The van der Waals surface area contributed by atoms with Gasteiger partial charge in [0.05, 0.1) is 6.54 Å². The van der Waals surface area contributed by atoms with Crippen molar-refractivity contribution in [1.82, 2.24) is 30.2 Å². The molecule has 0 fully saturated rings. The molecule has 2 aromatic heterocycles.